The van der Waals surface area contributed by atoms with Crippen LogP contribution in [-0.4, -0.2) is 33.4 Å². The molecule has 1 saturated heterocycles. The van der Waals surface area contributed by atoms with Gasteiger partial charge in [0.05, 0.1) is 6.10 Å². The second-order valence-electron chi connectivity index (χ2n) is 5.67. The third kappa shape index (κ3) is 2.96. The smallest absolute Gasteiger partial charge is 0.130 e. The molecule has 1 aliphatic heterocycles. The first-order chi connectivity index (χ1) is 9.58. The molecule has 3 nitrogen and oxygen atoms in total. The monoisotopic (exact) mass is 280 g/mol. The van der Waals surface area contributed by atoms with Crippen molar-refractivity contribution in [1.82, 2.24) is 5.32 Å². The highest BCUT2D eigenvalue weighted by Crippen LogP contribution is 2.32. The largest absolute Gasteiger partial charge is 0.379 e. The fourth-order valence-electron chi connectivity index (χ4n) is 2.93. The van der Waals surface area contributed by atoms with Gasteiger partial charge < -0.3 is 15.0 Å². The van der Waals surface area contributed by atoms with Crippen molar-refractivity contribution < 1.29 is 9.13 Å². The second kappa shape index (κ2) is 6.55. The Labute approximate surface area is 121 Å². The molecule has 1 N–H and O–H groups in total. The summed E-state index contributed by atoms with van der Waals surface area (Å²) in [7, 11) is 3.62. The van der Waals surface area contributed by atoms with Gasteiger partial charge in [-0.1, -0.05) is 13.0 Å². The van der Waals surface area contributed by atoms with E-state index in [0.29, 0.717) is 5.92 Å². The summed E-state index contributed by atoms with van der Waals surface area (Å²) in [5.74, 6) is 0.409. The first-order valence-electron chi connectivity index (χ1n) is 7.31. The van der Waals surface area contributed by atoms with Crippen molar-refractivity contribution in [2.45, 2.75) is 32.4 Å². The number of rotatable bonds is 4. The van der Waals surface area contributed by atoms with Gasteiger partial charge in [-0.05, 0) is 38.4 Å². The number of nitrogens with zero attached hydrogens (tertiary/aromatic N) is 1. The molecule has 112 valence electrons. The van der Waals surface area contributed by atoms with Crippen LogP contribution >= 0.6 is 0 Å². The molecule has 0 amide bonds. The van der Waals surface area contributed by atoms with Gasteiger partial charge in [-0.2, -0.15) is 0 Å². The fourth-order valence-corrected chi connectivity index (χ4v) is 2.93. The average molecular weight is 280 g/mol. The quantitative estimate of drug-likeness (QED) is 0.917. The predicted molar refractivity (Wildman–Crippen MR) is 80.7 cm³/mol. The molecule has 2 rings (SSSR count). The number of halogens is 1. The molecule has 0 saturated carbocycles. The number of ether oxygens (including phenoxy) is 1. The molecule has 0 bridgehead atoms. The molecule has 1 aromatic rings. The highest BCUT2D eigenvalue weighted by molar-refractivity contribution is 5.56. The summed E-state index contributed by atoms with van der Waals surface area (Å²) < 4.78 is 19.8. The Kier molecular flexibility index (Phi) is 5.00. The van der Waals surface area contributed by atoms with Crippen molar-refractivity contribution in [1.29, 1.82) is 0 Å². The van der Waals surface area contributed by atoms with Crippen LogP contribution in [0.15, 0.2) is 18.2 Å². The van der Waals surface area contributed by atoms with E-state index in [1.54, 1.807) is 13.2 Å². The molecular formula is C16H25FN2O. The number of hydrogen-bond acceptors (Lipinski definition) is 3. The van der Waals surface area contributed by atoms with E-state index >= 15 is 0 Å². The molecule has 4 heteroatoms. The maximum absolute atomic E-state index is 14.2. The molecule has 0 spiro atoms. The zero-order valence-corrected chi connectivity index (χ0v) is 12.8. The highest BCUT2D eigenvalue weighted by Gasteiger charge is 2.28. The van der Waals surface area contributed by atoms with Gasteiger partial charge in [-0.15, -0.1) is 0 Å². The average Bonchev–Trinajstić information content (AvgIpc) is 2.46. The normalized spacial score (nSPS) is 24.8. The Balaban J connectivity index is 2.30. The van der Waals surface area contributed by atoms with Gasteiger partial charge in [0.1, 0.15) is 5.82 Å². The SMILES string of the molecule is CNC(C)c1c(F)cccc1N1CCC(C)C(OC)C1. The minimum absolute atomic E-state index is 0.00783. The van der Waals surface area contributed by atoms with Crippen LogP contribution in [0.5, 0.6) is 0 Å². The van der Waals surface area contributed by atoms with Crippen LogP contribution in [0, 0.1) is 11.7 Å². The summed E-state index contributed by atoms with van der Waals surface area (Å²) in [6.45, 7) is 5.98. The maximum atomic E-state index is 14.2. The first-order valence-corrected chi connectivity index (χ1v) is 7.31. The highest BCUT2D eigenvalue weighted by atomic mass is 19.1. The van der Waals surface area contributed by atoms with Crippen LogP contribution in [0.1, 0.15) is 31.9 Å². The third-order valence-electron chi connectivity index (χ3n) is 4.43. The molecule has 0 aromatic heterocycles. The lowest BCUT2D eigenvalue weighted by molar-refractivity contribution is 0.0497. The summed E-state index contributed by atoms with van der Waals surface area (Å²) in [5, 5.41) is 3.14. The van der Waals surface area contributed by atoms with E-state index in [-0.39, 0.29) is 18.0 Å². The van der Waals surface area contributed by atoms with Crippen LogP contribution in [0.2, 0.25) is 0 Å². The van der Waals surface area contributed by atoms with Crippen LogP contribution < -0.4 is 10.2 Å². The van der Waals surface area contributed by atoms with Gasteiger partial charge in [0.2, 0.25) is 0 Å². The fraction of sp³-hybridized carbons (Fsp3) is 0.625. The van der Waals surface area contributed by atoms with Gasteiger partial charge in [0.25, 0.3) is 0 Å². The molecule has 20 heavy (non-hydrogen) atoms. The summed E-state index contributed by atoms with van der Waals surface area (Å²) in [5.41, 5.74) is 1.74. The Morgan fingerprint density at radius 2 is 2.20 bits per heavy atom. The molecule has 3 unspecified atom stereocenters. The zero-order valence-electron chi connectivity index (χ0n) is 12.8. The Morgan fingerprint density at radius 1 is 1.45 bits per heavy atom. The number of anilines is 1. The molecule has 1 aromatic carbocycles. The third-order valence-corrected chi connectivity index (χ3v) is 4.43. The van der Waals surface area contributed by atoms with E-state index in [1.165, 1.54) is 6.07 Å². The number of nitrogens with one attached hydrogen (secondary N) is 1. The molecule has 1 aliphatic rings. The molecule has 1 fully saturated rings. The van der Waals surface area contributed by atoms with Crippen molar-refractivity contribution in [3.8, 4) is 0 Å². The standard InChI is InChI=1S/C16H25FN2O/c1-11-8-9-19(10-15(11)20-4)14-7-5-6-13(17)16(14)12(2)18-3/h5-7,11-12,15,18H,8-10H2,1-4H3. The number of methoxy groups -OCH3 is 1. The second-order valence-corrected chi connectivity index (χ2v) is 5.67. The van der Waals surface area contributed by atoms with Gasteiger partial charge in [0, 0.05) is 37.5 Å². The molecule has 1 heterocycles. The van der Waals surface area contributed by atoms with E-state index in [4.69, 9.17) is 4.74 Å². The zero-order chi connectivity index (χ0) is 14.7. The van der Waals surface area contributed by atoms with Gasteiger partial charge in [-0.25, -0.2) is 4.39 Å². The van der Waals surface area contributed by atoms with Gasteiger partial charge in [0.15, 0.2) is 0 Å². The van der Waals surface area contributed by atoms with Crippen LogP contribution in [0.25, 0.3) is 0 Å². The van der Waals surface area contributed by atoms with Crippen LogP contribution in [-0.2, 0) is 4.74 Å². The summed E-state index contributed by atoms with van der Waals surface area (Å²) >= 11 is 0. The lowest BCUT2D eigenvalue weighted by Crippen LogP contribution is -2.44. The molecule has 0 radical (unpaired) electrons. The van der Waals surface area contributed by atoms with Gasteiger partial charge >= 0.3 is 0 Å². The number of hydrogen-bond donors (Lipinski definition) is 1. The number of benzene rings is 1. The first kappa shape index (κ1) is 15.3. The lowest BCUT2D eigenvalue weighted by Gasteiger charge is -2.39. The minimum atomic E-state index is -0.142. The van der Waals surface area contributed by atoms with E-state index in [9.17, 15) is 4.39 Å². The van der Waals surface area contributed by atoms with E-state index < -0.39 is 0 Å². The van der Waals surface area contributed by atoms with Crippen molar-refractivity contribution in [3.63, 3.8) is 0 Å². The lowest BCUT2D eigenvalue weighted by atomic mass is 9.94. The van der Waals surface area contributed by atoms with Crippen LogP contribution in [0.4, 0.5) is 10.1 Å². The van der Waals surface area contributed by atoms with E-state index in [2.05, 4.69) is 17.1 Å². The van der Waals surface area contributed by atoms with Crippen molar-refractivity contribution in [2.24, 2.45) is 5.92 Å². The molecule has 3 atom stereocenters. The van der Waals surface area contributed by atoms with Crippen molar-refractivity contribution in [3.05, 3.63) is 29.6 Å². The van der Waals surface area contributed by atoms with Gasteiger partial charge in [-0.3, -0.25) is 0 Å². The number of piperidine rings is 1. The van der Waals surface area contributed by atoms with E-state index in [1.807, 2.05) is 20.0 Å². The predicted octanol–water partition coefficient (Wildman–Crippen LogP) is 2.97. The summed E-state index contributed by atoms with van der Waals surface area (Å²) in [4.78, 5) is 2.25. The Bertz CT molecular complexity index is 452. The molecule has 0 aliphatic carbocycles. The van der Waals surface area contributed by atoms with Crippen molar-refractivity contribution >= 4 is 5.69 Å². The summed E-state index contributed by atoms with van der Waals surface area (Å²) in [6.07, 6.45) is 1.28. The van der Waals surface area contributed by atoms with E-state index in [0.717, 1.165) is 30.8 Å². The van der Waals surface area contributed by atoms with Crippen LogP contribution in [0.3, 0.4) is 0 Å². The summed E-state index contributed by atoms with van der Waals surface area (Å²) in [6, 6.07) is 5.32. The topological polar surface area (TPSA) is 24.5 Å². The Hall–Kier alpha value is -1.13. The minimum Gasteiger partial charge on any atom is -0.379 e. The van der Waals surface area contributed by atoms with Crippen molar-refractivity contribution in [2.75, 3.05) is 32.1 Å². The Morgan fingerprint density at radius 3 is 2.85 bits per heavy atom. The maximum Gasteiger partial charge on any atom is 0.130 e. The molecular weight excluding hydrogens is 255 g/mol.